The first-order valence-electron chi connectivity index (χ1n) is 6.76. The maximum atomic E-state index is 5.42. The van der Waals surface area contributed by atoms with Crippen molar-refractivity contribution in [3.8, 4) is 5.75 Å². The van der Waals surface area contributed by atoms with Crippen LogP contribution in [0.5, 0.6) is 5.75 Å². The summed E-state index contributed by atoms with van der Waals surface area (Å²) in [4.78, 5) is 0. The van der Waals surface area contributed by atoms with Crippen LogP contribution in [0.4, 0.5) is 0 Å². The molecule has 0 aromatic heterocycles. The van der Waals surface area contributed by atoms with Crippen LogP contribution in [-0.2, 0) is 0 Å². The molecule has 106 valence electrons. The van der Waals surface area contributed by atoms with Gasteiger partial charge >= 0.3 is 0 Å². The zero-order valence-corrected chi connectivity index (χ0v) is 13.6. The molecule has 2 nitrogen and oxygen atoms in total. The van der Waals surface area contributed by atoms with Gasteiger partial charge in [-0.2, -0.15) is 0 Å². The van der Waals surface area contributed by atoms with Crippen LogP contribution in [0.2, 0.25) is 0 Å². The molecule has 0 saturated carbocycles. The molecule has 0 fully saturated rings. The van der Waals surface area contributed by atoms with Gasteiger partial charge in [-0.15, -0.1) is 0 Å². The third-order valence-electron chi connectivity index (χ3n) is 3.48. The molecule has 1 N–H and O–H groups in total. The summed E-state index contributed by atoms with van der Waals surface area (Å²) >= 11 is 3.46. The fraction of sp³-hybridized carbons (Fsp3) is 0.294. The lowest BCUT2D eigenvalue weighted by Crippen LogP contribution is -2.22. The minimum Gasteiger partial charge on any atom is -0.496 e. The molecule has 0 aliphatic rings. The lowest BCUT2D eigenvalue weighted by atomic mass is 10.0. The molecule has 2 atom stereocenters. The molecule has 2 aromatic rings. The number of hydrogen-bond donors (Lipinski definition) is 1. The largest absolute Gasteiger partial charge is 0.496 e. The highest BCUT2D eigenvalue weighted by molar-refractivity contribution is 9.10. The Bertz CT molecular complexity index is 553. The Morgan fingerprint density at radius 1 is 0.950 bits per heavy atom. The third-order valence-corrected chi connectivity index (χ3v) is 4.00. The van der Waals surface area contributed by atoms with Crippen LogP contribution in [0.15, 0.2) is 53.0 Å². The number of nitrogens with one attached hydrogen (secondary N) is 1. The second-order valence-corrected chi connectivity index (χ2v) is 5.82. The molecule has 0 aliphatic carbocycles. The van der Waals surface area contributed by atoms with E-state index < -0.39 is 0 Å². The van der Waals surface area contributed by atoms with Crippen molar-refractivity contribution in [3.05, 3.63) is 64.1 Å². The molecule has 20 heavy (non-hydrogen) atoms. The lowest BCUT2D eigenvalue weighted by Gasteiger charge is -2.22. The van der Waals surface area contributed by atoms with E-state index in [-0.39, 0.29) is 12.1 Å². The highest BCUT2D eigenvalue weighted by Crippen LogP contribution is 2.27. The Morgan fingerprint density at radius 3 is 2.25 bits per heavy atom. The molecule has 2 aromatic carbocycles. The Balaban J connectivity index is 2.10. The number of halogens is 1. The van der Waals surface area contributed by atoms with Gasteiger partial charge < -0.3 is 10.1 Å². The molecular weight excluding hydrogens is 314 g/mol. The van der Waals surface area contributed by atoms with E-state index in [0.29, 0.717) is 0 Å². The van der Waals surface area contributed by atoms with E-state index in [4.69, 9.17) is 4.74 Å². The van der Waals surface area contributed by atoms with E-state index in [1.165, 1.54) is 11.1 Å². The zero-order chi connectivity index (χ0) is 14.5. The van der Waals surface area contributed by atoms with Crippen molar-refractivity contribution >= 4 is 15.9 Å². The van der Waals surface area contributed by atoms with Crippen molar-refractivity contribution in [2.45, 2.75) is 25.9 Å². The molecule has 3 heteroatoms. The smallest absolute Gasteiger partial charge is 0.123 e. The van der Waals surface area contributed by atoms with E-state index in [9.17, 15) is 0 Å². The fourth-order valence-corrected chi connectivity index (χ4v) is 2.60. The molecule has 0 aliphatic heterocycles. The average molecular weight is 334 g/mol. The minimum absolute atomic E-state index is 0.227. The minimum atomic E-state index is 0.227. The Morgan fingerprint density at radius 2 is 1.60 bits per heavy atom. The average Bonchev–Trinajstić information content (AvgIpc) is 2.47. The maximum absolute atomic E-state index is 5.42. The standard InChI is InChI=1S/C17H20BrNO/c1-12(14-8-10-15(18)11-9-14)19-13(2)16-6-4-5-7-17(16)20-3/h4-13,19H,1-3H3/t12?,13-/m1/s1. The molecule has 0 spiro atoms. The van der Waals surface area contributed by atoms with E-state index in [2.05, 4.69) is 65.4 Å². The summed E-state index contributed by atoms with van der Waals surface area (Å²) < 4.78 is 6.53. The highest BCUT2D eigenvalue weighted by Gasteiger charge is 2.14. The van der Waals surface area contributed by atoms with Gasteiger partial charge in [-0.1, -0.05) is 46.3 Å². The summed E-state index contributed by atoms with van der Waals surface area (Å²) in [5, 5.41) is 3.61. The van der Waals surface area contributed by atoms with Crippen molar-refractivity contribution in [2.24, 2.45) is 0 Å². The third kappa shape index (κ3) is 3.62. The number of para-hydroxylation sites is 1. The van der Waals surface area contributed by atoms with Crippen LogP contribution >= 0.6 is 15.9 Å². The van der Waals surface area contributed by atoms with Gasteiger partial charge in [0.1, 0.15) is 5.75 Å². The second kappa shape index (κ2) is 6.91. The lowest BCUT2D eigenvalue weighted by molar-refractivity contribution is 0.396. The predicted octanol–water partition coefficient (Wildman–Crippen LogP) is 4.87. The monoisotopic (exact) mass is 333 g/mol. The Labute approximate surface area is 129 Å². The summed E-state index contributed by atoms with van der Waals surface area (Å²) in [5.41, 5.74) is 2.45. The van der Waals surface area contributed by atoms with Gasteiger partial charge in [0.25, 0.3) is 0 Å². The van der Waals surface area contributed by atoms with Crippen LogP contribution in [0.3, 0.4) is 0 Å². The van der Waals surface area contributed by atoms with Gasteiger partial charge in [-0.05, 0) is 37.6 Å². The van der Waals surface area contributed by atoms with Crippen LogP contribution in [0, 0.1) is 0 Å². The summed E-state index contributed by atoms with van der Waals surface area (Å²) in [7, 11) is 1.71. The van der Waals surface area contributed by atoms with Crippen molar-refractivity contribution in [2.75, 3.05) is 7.11 Å². The molecule has 1 unspecified atom stereocenters. The second-order valence-electron chi connectivity index (χ2n) is 4.90. The van der Waals surface area contributed by atoms with Gasteiger partial charge in [0, 0.05) is 22.1 Å². The van der Waals surface area contributed by atoms with Gasteiger partial charge in [-0.3, -0.25) is 0 Å². The predicted molar refractivity (Wildman–Crippen MR) is 87.1 cm³/mol. The number of rotatable bonds is 5. The van der Waals surface area contributed by atoms with E-state index >= 15 is 0 Å². The van der Waals surface area contributed by atoms with Crippen LogP contribution in [0.25, 0.3) is 0 Å². The van der Waals surface area contributed by atoms with E-state index in [1.807, 2.05) is 18.2 Å². The Kier molecular flexibility index (Phi) is 5.21. The summed E-state index contributed by atoms with van der Waals surface area (Å²) in [6, 6.07) is 17.1. The number of ether oxygens (including phenoxy) is 1. The topological polar surface area (TPSA) is 21.3 Å². The fourth-order valence-electron chi connectivity index (χ4n) is 2.34. The normalized spacial score (nSPS) is 13.8. The summed E-state index contributed by atoms with van der Waals surface area (Å²) in [5.74, 6) is 0.926. The maximum Gasteiger partial charge on any atom is 0.123 e. The van der Waals surface area contributed by atoms with Gasteiger partial charge in [0.2, 0.25) is 0 Å². The number of hydrogen-bond acceptors (Lipinski definition) is 2. The molecule has 0 bridgehead atoms. The van der Waals surface area contributed by atoms with E-state index in [0.717, 1.165) is 10.2 Å². The van der Waals surface area contributed by atoms with Crippen molar-refractivity contribution in [3.63, 3.8) is 0 Å². The highest BCUT2D eigenvalue weighted by atomic mass is 79.9. The Hall–Kier alpha value is -1.32. The molecule has 2 rings (SSSR count). The first-order valence-corrected chi connectivity index (χ1v) is 7.55. The number of methoxy groups -OCH3 is 1. The SMILES string of the molecule is COc1ccccc1[C@@H](C)NC(C)c1ccc(Br)cc1. The summed E-state index contributed by atoms with van der Waals surface area (Å²) in [6.07, 6.45) is 0. The van der Waals surface area contributed by atoms with Crippen LogP contribution in [0.1, 0.15) is 37.1 Å². The van der Waals surface area contributed by atoms with Crippen LogP contribution < -0.4 is 10.1 Å². The molecule has 0 radical (unpaired) electrons. The molecule has 0 amide bonds. The molecule has 0 saturated heterocycles. The van der Waals surface area contributed by atoms with Crippen molar-refractivity contribution < 1.29 is 4.74 Å². The summed E-state index contributed by atoms with van der Waals surface area (Å²) in [6.45, 7) is 4.34. The van der Waals surface area contributed by atoms with Crippen molar-refractivity contribution in [1.29, 1.82) is 0 Å². The first-order chi connectivity index (χ1) is 9.61. The quantitative estimate of drug-likeness (QED) is 0.842. The first kappa shape index (κ1) is 15.1. The zero-order valence-electron chi connectivity index (χ0n) is 12.1. The van der Waals surface area contributed by atoms with Crippen molar-refractivity contribution in [1.82, 2.24) is 5.32 Å². The van der Waals surface area contributed by atoms with Crippen LogP contribution in [-0.4, -0.2) is 7.11 Å². The molecular formula is C17H20BrNO. The van der Waals surface area contributed by atoms with Gasteiger partial charge in [-0.25, -0.2) is 0 Å². The number of benzene rings is 2. The van der Waals surface area contributed by atoms with E-state index in [1.54, 1.807) is 7.11 Å². The van der Waals surface area contributed by atoms with Gasteiger partial charge in [0.15, 0.2) is 0 Å². The van der Waals surface area contributed by atoms with Gasteiger partial charge in [0.05, 0.1) is 7.11 Å². The molecule has 0 heterocycles.